The number of hydrogen-bond acceptors (Lipinski definition) is 6. The van der Waals surface area contributed by atoms with Gasteiger partial charge in [0.1, 0.15) is 5.78 Å². The lowest BCUT2D eigenvalue weighted by Gasteiger charge is -2.29. The number of aromatic carboxylic acids is 1. The number of allylic oxidation sites excluding steroid dienone is 1. The highest BCUT2D eigenvalue weighted by molar-refractivity contribution is 8.01. The van der Waals surface area contributed by atoms with Gasteiger partial charge in [-0.1, -0.05) is 43.2 Å². The van der Waals surface area contributed by atoms with Crippen molar-refractivity contribution < 1.29 is 19.8 Å². The van der Waals surface area contributed by atoms with Crippen LogP contribution >= 0.6 is 23.1 Å². The molecule has 0 amide bonds. The van der Waals surface area contributed by atoms with Gasteiger partial charge in [0.15, 0.2) is 10.0 Å². The maximum Gasteiger partial charge on any atom is 0.355 e. The Balaban J connectivity index is 1.43. The monoisotopic (exact) mass is 437 g/mol. The van der Waals surface area contributed by atoms with Crippen molar-refractivity contribution in [3.63, 3.8) is 0 Å². The van der Waals surface area contributed by atoms with E-state index in [0.717, 1.165) is 41.7 Å². The fraction of sp³-hybridized carbons (Fsp3) is 0.682. The van der Waals surface area contributed by atoms with Gasteiger partial charge in [-0.15, -0.1) is 11.3 Å². The molecule has 2 saturated carbocycles. The maximum absolute atomic E-state index is 12.3. The van der Waals surface area contributed by atoms with Crippen LogP contribution in [-0.2, 0) is 4.79 Å². The van der Waals surface area contributed by atoms with E-state index in [1.807, 2.05) is 6.92 Å². The van der Waals surface area contributed by atoms with Crippen molar-refractivity contribution in [2.45, 2.75) is 74.7 Å². The third-order valence-electron chi connectivity index (χ3n) is 6.27. The van der Waals surface area contributed by atoms with Gasteiger partial charge in [-0.05, 0) is 50.9 Å². The predicted molar refractivity (Wildman–Crippen MR) is 117 cm³/mol. The minimum atomic E-state index is -1.01. The van der Waals surface area contributed by atoms with E-state index in [9.17, 15) is 14.7 Å². The Hall–Kier alpha value is -1.18. The van der Waals surface area contributed by atoms with E-state index in [4.69, 9.17) is 5.11 Å². The average Bonchev–Trinajstić information content (AvgIpc) is 3.22. The van der Waals surface area contributed by atoms with Gasteiger partial charge in [0, 0.05) is 23.5 Å². The number of rotatable bonds is 11. The van der Waals surface area contributed by atoms with Gasteiger partial charge < -0.3 is 10.2 Å². The van der Waals surface area contributed by atoms with E-state index in [0.29, 0.717) is 18.6 Å². The molecule has 0 radical (unpaired) electrons. The van der Waals surface area contributed by atoms with Crippen LogP contribution in [0, 0.1) is 17.8 Å². The van der Waals surface area contributed by atoms with Crippen LogP contribution in [0.25, 0.3) is 0 Å². The first-order valence-corrected chi connectivity index (χ1v) is 12.4. The van der Waals surface area contributed by atoms with Crippen LogP contribution in [0.1, 0.15) is 75.2 Å². The third kappa shape index (κ3) is 6.66. The number of thiazole rings is 1. The molecule has 3 atom stereocenters. The van der Waals surface area contributed by atoms with Gasteiger partial charge >= 0.3 is 5.97 Å². The minimum Gasteiger partial charge on any atom is -0.476 e. The number of carbonyl (C=O) groups is 2. The summed E-state index contributed by atoms with van der Waals surface area (Å²) in [5.74, 6) is 1.15. The number of nitrogens with zero attached hydrogens (tertiary/aromatic N) is 1. The van der Waals surface area contributed by atoms with Crippen molar-refractivity contribution in [3.05, 3.63) is 23.2 Å². The topological polar surface area (TPSA) is 87.5 Å². The molecule has 5 nitrogen and oxygen atoms in total. The highest BCUT2D eigenvalue weighted by Crippen LogP contribution is 2.36. The summed E-state index contributed by atoms with van der Waals surface area (Å²) in [4.78, 5) is 27.3. The van der Waals surface area contributed by atoms with Crippen molar-refractivity contribution >= 4 is 34.9 Å². The van der Waals surface area contributed by atoms with Crippen molar-refractivity contribution in [3.8, 4) is 0 Å². The number of carbonyl (C=O) groups excluding carboxylic acids is 1. The molecule has 2 aliphatic carbocycles. The summed E-state index contributed by atoms with van der Waals surface area (Å²) < 4.78 is 0.738. The van der Waals surface area contributed by atoms with Crippen molar-refractivity contribution in [2.75, 3.05) is 5.75 Å². The Morgan fingerprint density at radius 1 is 1.38 bits per heavy atom. The molecule has 1 aromatic rings. The van der Waals surface area contributed by atoms with E-state index in [-0.39, 0.29) is 17.5 Å². The number of carboxylic acids is 1. The molecule has 1 aromatic heterocycles. The van der Waals surface area contributed by atoms with E-state index in [1.54, 1.807) is 5.38 Å². The van der Waals surface area contributed by atoms with E-state index in [1.165, 1.54) is 42.4 Å². The van der Waals surface area contributed by atoms with Crippen LogP contribution in [0.2, 0.25) is 0 Å². The normalized spacial score (nSPS) is 24.7. The van der Waals surface area contributed by atoms with Crippen molar-refractivity contribution in [1.29, 1.82) is 0 Å². The molecule has 3 rings (SSSR count). The number of hydrogen-bond donors (Lipinski definition) is 2. The number of Topliss-reactive ketones (excluding diaryl/α,β-unsaturated/α-hetero) is 1. The van der Waals surface area contributed by atoms with Gasteiger partial charge in [0.25, 0.3) is 0 Å². The molecule has 2 N–H and O–H groups in total. The molecule has 2 fully saturated rings. The molecule has 0 aliphatic heterocycles. The van der Waals surface area contributed by atoms with Gasteiger partial charge in [0.05, 0.1) is 5.60 Å². The second-order valence-corrected chi connectivity index (χ2v) is 10.9. The van der Waals surface area contributed by atoms with E-state index in [2.05, 4.69) is 17.1 Å². The van der Waals surface area contributed by atoms with Gasteiger partial charge in [0.2, 0.25) is 0 Å². The smallest absolute Gasteiger partial charge is 0.355 e. The van der Waals surface area contributed by atoms with Crippen LogP contribution in [0.3, 0.4) is 0 Å². The highest BCUT2D eigenvalue weighted by atomic mass is 32.2. The summed E-state index contributed by atoms with van der Waals surface area (Å²) in [5, 5.41) is 21.1. The van der Waals surface area contributed by atoms with Gasteiger partial charge in [-0.3, -0.25) is 4.79 Å². The number of carboxylic acid groups (broad SMARTS) is 1. The molecular weight excluding hydrogens is 406 g/mol. The van der Waals surface area contributed by atoms with Crippen molar-refractivity contribution in [2.24, 2.45) is 17.8 Å². The maximum atomic E-state index is 12.3. The number of aliphatic hydroxyl groups is 1. The summed E-state index contributed by atoms with van der Waals surface area (Å²) >= 11 is 2.86. The summed E-state index contributed by atoms with van der Waals surface area (Å²) in [7, 11) is 0. The first-order chi connectivity index (χ1) is 13.8. The lowest BCUT2D eigenvalue weighted by Crippen LogP contribution is -2.25. The Kier molecular flexibility index (Phi) is 7.93. The quantitative estimate of drug-likeness (QED) is 0.366. The number of thioether (sulfide) groups is 1. The molecule has 1 heterocycles. The summed E-state index contributed by atoms with van der Waals surface area (Å²) in [6.45, 7) is 1.92. The SMILES string of the molecule is C[C@](O)(C/C=C/[C@H]1CCC(=O)C1CCSc1nc(C(=O)O)cs1)CCC1CCC1. The van der Waals surface area contributed by atoms with Crippen LogP contribution in [-0.4, -0.2) is 38.3 Å². The van der Waals surface area contributed by atoms with E-state index < -0.39 is 11.6 Å². The Morgan fingerprint density at radius 3 is 2.83 bits per heavy atom. The lowest BCUT2D eigenvalue weighted by molar-refractivity contribution is -0.121. The number of aromatic nitrogens is 1. The second-order valence-electron chi connectivity index (χ2n) is 8.68. The Bertz CT molecular complexity index is 739. The van der Waals surface area contributed by atoms with Crippen LogP contribution < -0.4 is 0 Å². The standard InChI is InChI=1S/C22H31NO4S2/c1-22(27,12-9-15-4-2-5-15)11-3-6-16-7-8-19(24)17(16)10-13-28-21-23-18(14-29-21)20(25)26/h3,6,14-17,27H,2,4-5,7-13H2,1H3,(H,25,26)/b6-3+/t16-,17?,22-/m0/s1. The van der Waals surface area contributed by atoms with Gasteiger partial charge in [-0.2, -0.15) is 0 Å². The molecule has 0 bridgehead atoms. The molecule has 29 heavy (non-hydrogen) atoms. The highest BCUT2D eigenvalue weighted by Gasteiger charge is 2.32. The molecular formula is C22H31NO4S2. The summed E-state index contributed by atoms with van der Waals surface area (Å²) in [6.07, 6.45) is 13.1. The minimum absolute atomic E-state index is 0.0255. The first-order valence-electron chi connectivity index (χ1n) is 10.6. The van der Waals surface area contributed by atoms with Crippen LogP contribution in [0.15, 0.2) is 21.9 Å². The molecule has 7 heteroatoms. The van der Waals surface area contributed by atoms with Gasteiger partial charge in [-0.25, -0.2) is 9.78 Å². The zero-order valence-electron chi connectivity index (χ0n) is 17.0. The largest absolute Gasteiger partial charge is 0.476 e. The predicted octanol–water partition coefficient (Wildman–Crippen LogP) is 5.20. The Labute approximate surface area is 181 Å². The third-order valence-corrected chi connectivity index (χ3v) is 8.32. The lowest BCUT2D eigenvalue weighted by atomic mass is 9.79. The fourth-order valence-electron chi connectivity index (χ4n) is 4.13. The van der Waals surface area contributed by atoms with E-state index >= 15 is 0 Å². The molecule has 0 saturated heterocycles. The molecule has 0 spiro atoms. The molecule has 2 aliphatic rings. The first kappa shape index (κ1) is 22.5. The fourth-order valence-corrected chi connectivity index (χ4v) is 6.02. The summed E-state index contributed by atoms with van der Waals surface area (Å²) in [6, 6.07) is 0. The molecule has 0 aromatic carbocycles. The average molecular weight is 438 g/mol. The second kappa shape index (κ2) is 10.2. The van der Waals surface area contributed by atoms with Crippen LogP contribution in [0.5, 0.6) is 0 Å². The molecule has 1 unspecified atom stereocenters. The molecule has 160 valence electrons. The Morgan fingerprint density at radius 2 is 2.17 bits per heavy atom. The zero-order chi connectivity index (χ0) is 20.9. The summed E-state index contributed by atoms with van der Waals surface area (Å²) in [5.41, 5.74) is -0.577. The van der Waals surface area contributed by atoms with Crippen molar-refractivity contribution in [1.82, 2.24) is 4.98 Å². The number of ketones is 1. The zero-order valence-corrected chi connectivity index (χ0v) is 18.6. The van der Waals surface area contributed by atoms with Crippen LogP contribution in [0.4, 0.5) is 0 Å².